The minimum Gasteiger partial charge on any atom is -0.493 e. The van der Waals surface area contributed by atoms with Crippen LogP contribution in [0.15, 0.2) is 65.3 Å². The predicted octanol–water partition coefficient (Wildman–Crippen LogP) is 3.29. The first kappa shape index (κ1) is 23.2. The topological polar surface area (TPSA) is 93.0 Å². The van der Waals surface area contributed by atoms with Crippen LogP contribution in [0.25, 0.3) is 0 Å². The van der Waals surface area contributed by atoms with Crippen molar-refractivity contribution in [1.29, 1.82) is 0 Å². The van der Waals surface area contributed by atoms with Crippen molar-refractivity contribution in [2.75, 3.05) is 20.8 Å². The number of carbonyl (C=O) groups excluding carboxylic acids is 2. The van der Waals surface area contributed by atoms with E-state index < -0.39 is 6.04 Å². The fourth-order valence-electron chi connectivity index (χ4n) is 4.07. The molecule has 3 aromatic rings. The normalized spacial score (nSPS) is 13.5. The lowest BCUT2D eigenvalue weighted by Gasteiger charge is -2.31. The maximum atomic E-state index is 13.2. The van der Waals surface area contributed by atoms with E-state index in [1.54, 1.807) is 37.5 Å². The molecule has 8 heteroatoms. The number of hydrogen-bond donors (Lipinski definition) is 2. The lowest BCUT2D eigenvalue weighted by molar-refractivity contribution is -0.123. The number of benzene rings is 2. The van der Waals surface area contributed by atoms with Crippen molar-refractivity contribution >= 4 is 11.9 Å². The third-order valence-electron chi connectivity index (χ3n) is 5.92. The molecule has 0 bridgehead atoms. The second-order valence-corrected chi connectivity index (χ2v) is 8.14. The predicted molar refractivity (Wildman–Crippen MR) is 127 cm³/mol. The molecular formula is C26H29N3O5. The van der Waals surface area contributed by atoms with Gasteiger partial charge in [-0.2, -0.15) is 0 Å². The molecule has 0 radical (unpaired) electrons. The number of rotatable bonds is 8. The minimum atomic E-state index is -0.725. The van der Waals surface area contributed by atoms with E-state index in [-0.39, 0.29) is 18.5 Å². The van der Waals surface area contributed by atoms with Gasteiger partial charge in [-0.25, -0.2) is 4.79 Å². The van der Waals surface area contributed by atoms with E-state index in [0.717, 1.165) is 16.7 Å². The molecule has 0 fully saturated rings. The van der Waals surface area contributed by atoms with Gasteiger partial charge in [-0.3, -0.25) is 4.79 Å². The average molecular weight is 464 g/mol. The fourth-order valence-corrected chi connectivity index (χ4v) is 4.07. The molecule has 1 aliphatic rings. The molecule has 1 atom stereocenters. The van der Waals surface area contributed by atoms with Crippen LogP contribution in [0.4, 0.5) is 4.79 Å². The molecule has 0 saturated carbocycles. The van der Waals surface area contributed by atoms with Crippen LogP contribution in [0.3, 0.4) is 0 Å². The van der Waals surface area contributed by atoms with Crippen LogP contribution in [0, 0.1) is 0 Å². The van der Waals surface area contributed by atoms with E-state index in [1.165, 1.54) is 0 Å². The van der Waals surface area contributed by atoms with Gasteiger partial charge in [0.15, 0.2) is 11.5 Å². The van der Waals surface area contributed by atoms with Crippen LogP contribution < -0.4 is 20.1 Å². The summed E-state index contributed by atoms with van der Waals surface area (Å²) in [7, 11) is 3.20. The zero-order valence-electron chi connectivity index (χ0n) is 19.4. The number of methoxy groups -OCH3 is 2. The molecule has 1 aromatic heterocycles. The van der Waals surface area contributed by atoms with Gasteiger partial charge in [0.25, 0.3) is 0 Å². The van der Waals surface area contributed by atoms with Crippen LogP contribution in [-0.2, 0) is 30.7 Å². The van der Waals surface area contributed by atoms with Crippen molar-refractivity contribution in [3.8, 4) is 11.5 Å². The largest absolute Gasteiger partial charge is 0.493 e. The molecule has 0 aliphatic carbocycles. The van der Waals surface area contributed by atoms with E-state index in [9.17, 15) is 9.59 Å². The number of hydrogen-bond acceptors (Lipinski definition) is 5. The summed E-state index contributed by atoms with van der Waals surface area (Å²) in [5.74, 6) is 1.69. The Morgan fingerprint density at radius 2 is 1.76 bits per heavy atom. The van der Waals surface area contributed by atoms with E-state index in [0.29, 0.717) is 43.2 Å². The summed E-state index contributed by atoms with van der Waals surface area (Å²) in [6.07, 6.45) is 2.63. The monoisotopic (exact) mass is 463 g/mol. The van der Waals surface area contributed by atoms with Crippen molar-refractivity contribution in [1.82, 2.24) is 15.5 Å². The van der Waals surface area contributed by atoms with E-state index >= 15 is 0 Å². The highest BCUT2D eigenvalue weighted by Gasteiger charge is 2.27. The summed E-state index contributed by atoms with van der Waals surface area (Å²) in [4.78, 5) is 27.9. The molecule has 8 nitrogen and oxygen atoms in total. The van der Waals surface area contributed by atoms with Gasteiger partial charge in [0.2, 0.25) is 5.91 Å². The van der Waals surface area contributed by atoms with E-state index in [2.05, 4.69) is 10.6 Å². The quantitative estimate of drug-likeness (QED) is 0.535. The van der Waals surface area contributed by atoms with Crippen LogP contribution in [0.2, 0.25) is 0 Å². The number of nitrogens with one attached hydrogen (secondary N) is 2. The van der Waals surface area contributed by atoms with Gasteiger partial charge in [-0.15, -0.1) is 0 Å². The highest BCUT2D eigenvalue weighted by atomic mass is 16.5. The number of fused-ring (bicyclic) bond motifs is 1. The smallest absolute Gasteiger partial charge is 0.318 e. The number of carbonyl (C=O) groups is 2. The van der Waals surface area contributed by atoms with Crippen molar-refractivity contribution in [2.45, 2.75) is 32.0 Å². The molecule has 0 spiro atoms. The fraction of sp³-hybridized carbons (Fsp3) is 0.308. The zero-order chi connectivity index (χ0) is 23.9. The summed E-state index contributed by atoms with van der Waals surface area (Å²) in [6.45, 7) is 1.22. The van der Waals surface area contributed by atoms with Gasteiger partial charge in [0, 0.05) is 19.5 Å². The second kappa shape index (κ2) is 10.8. The summed E-state index contributed by atoms with van der Waals surface area (Å²) in [5.41, 5.74) is 3.08. The maximum Gasteiger partial charge on any atom is 0.318 e. The molecule has 4 rings (SSSR count). The van der Waals surface area contributed by atoms with E-state index in [4.69, 9.17) is 13.9 Å². The number of nitrogens with zero attached hydrogens (tertiary/aromatic N) is 1. The highest BCUT2D eigenvalue weighted by Crippen LogP contribution is 2.33. The molecule has 2 aromatic carbocycles. The maximum absolute atomic E-state index is 13.2. The molecule has 0 unspecified atom stereocenters. The van der Waals surface area contributed by atoms with Gasteiger partial charge in [-0.05, 0) is 47.4 Å². The highest BCUT2D eigenvalue weighted by molar-refractivity contribution is 5.87. The minimum absolute atomic E-state index is 0.256. The summed E-state index contributed by atoms with van der Waals surface area (Å²) < 4.78 is 16.1. The SMILES string of the molecule is COc1cc2c(cc1OC)CN(C(=O)N[C@@H](Cc1ccccc1)C(=O)NCc1ccco1)CC2. The molecule has 34 heavy (non-hydrogen) atoms. The standard InChI is InChI=1S/C26H29N3O5/c1-32-23-14-19-10-11-29(17-20(19)15-24(23)33-2)26(31)28-22(13-18-7-4-3-5-8-18)25(30)27-16-21-9-6-12-34-21/h3-9,12,14-15,22H,10-11,13,16-17H2,1-2H3,(H,27,30)(H,28,31)/t22-/m0/s1. The Morgan fingerprint density at radius 1 is 1.03 bits per heavy atom. The lowest BCUT2D eigenvalue weighted by atomic mass is 9.99. The van der Waals surface area contributed by atoms with Crippen LogP contribution in [0.1, 0.15) is 22.5 Å². The summed E-state index contributed by atoms with van der Waals surface area (Å²) in [6, 6.07) is 16.0. The summed E-state index contributed by atoms with van der Waals surface area (Å²) >= 11 is 0. The Bertz CT molecular complexity index is 1110. The Morgan fingerprint density at radius 3 is 2.44 bits per heavy atom. The number of ether oxygens (including phenoxy) is 2. The first-order chi connectivity index (χ1) is 16.6. The second-order valence-electron chi connectivity index (χ2n) is 8.14. The van der Waals surface area contributed by atoms with Crippen molar-refractivity contribution < 1.29 is 23.5 Å². The summed E-state index contributed by atoms with van der Waals surface area (Å²) in [5, 5.41) is 5.80. The third kappa shape index (κ3) is 5.51. The van der Waals surface area contributed by atoms with Gasteiger partial charge < -0.3 is 29.4 Å². The zero-order valence-corrected chi connectivity index (χ0v) is 19.4. The molecule has 0 saturated heterocycles. The van der Waals surface area contributed by atoms with Gasteiger partial charge in [-0.1, -0.05) is 30.3 Å². The number of furan rings is 1. The Hall–Kier alpha value is -3.94. The van der Waals surface area contributed by atoms with Crippen LogP contribution >= 0.6 is 0 Å². The first-order valence-corrected chi connectivity index (χ1v) is 11.2. The Kier molecular flexibility index (Phi) is 7.37. The van der Waals surface area contributed by atoms with Gasteiger partial charge in [0.1, 0.15) is 11.8 Å². The van der Waals surface area contributed by atoms with Crippen molar-refractivity contribution in [3.63, 3.8) is 0 Å². The lowest BCUT2D eigenvalue weighted by Crippen LogP contribution is -2.52. The molecule has 178 valence electrons. The van der Waals surface area contributed by atoms with E-state index in [1.807, 2.05) is 42.5 Å². The Labute approximate surface area is 198 Å². The van der Waals surface area contributed by atoms with Gasteiger partial charge in [0.05, 0.1) is 27.0 Å². The van der Waals surface area contributed by atoms with Crippen LogP contribution in [0.5, 0.6) is 11.5 Å². The molecule has 2 heterocycles. The van der Waals surface area contributed by atoms with Gasteiger partial charge >= 0.3 is 6.03 Å². The van der Waals surface area contributed by atoms with Crippen LogP contribution in [-0.4, -0.2) is 43.6 Å². The molecular weight excluding hydrogens is 434 g/mol. The molecule has 3 amide bonds. The first-order valence-electron chi connectivity index (χ1n) is 11.2. The molecule has 2 N–H and O–H groups in total. The Balaban J connectivity index is 1.45. The van der Waals surface area contributed by atoms with Crippen molar-refractivity contribution in [2.24, 2.45) is 0 Å². The van der Waals surface area contributed by atoms with Crippen molar-refractivity contribution in [3.05, 3.63) is 83.3 Å². The average Bonchev–Trinajstić information content (AvgIpc) is 3.40. The number of amides is 3. The third-order valence-corrected chi connectivity index (χ3v) is 5.92. The molecule has 1 aliphatic heterocycles. The number of urea groups is 1.